The molecule has 108 valence electrons. The van der Waals surface area contributed by atoms with Crippen molar-refractivity contribution in [2.45, 2.75) is 5.03 Å². The zero-order valence-corrected chi connectivity index (χ0v) is 12.7. The molecule has 0 saturated carbocycles. The van der Waals surface area contributed by atoms with E-state index in [-0.39, 0.29) is 5.91 Å². The number of benzene rings is 1. The van der Waals surface area contributed by atoms with Gasteiger partial charge in [-0.2, -0.15) is 0 Å². The Kier molecular flexibility index (Phi) is 5.40. The fourth-order valence-electron chi connectivity index (χ4n) is 1.68. The quantitative estimate of drug-likeness (QED) is 0.678. The molecule has 1 heterocycles. The second-order valence-corrected chi connectivity index (χ2v) is 5.01. The van der Waals surface area contributed by atoms with Gasteiger partial charge in [-0.1, -0.05) is 12.1 Å². The van der Waals surface area contributed by atoms with Crippen LogP contribution >= 0.6 is 11.8 Å². The van der Waals surface area contributed by atoms with Gasteiger partial charge in [0.25, 0.3) is 0 Å². The topological polar surface area (TPSA) is 51.2 Å². The van der Waals surface area contributed by atoms with Crippen molar-refractivity contribution in [1.29, 1.82) is 0 Å². The van der Waals surface area contributed by atoms with E-state index in [4.69, 9.17) is 4.74 Å². The van der Waals surface area contributed by atoms with E-state index in [2.05, 4.69) is 10.3 Å². The summed E-state index contributed by atoms with van der Waals surface area (Å²) in [4.78, 5) is 16.0. The number of methoxy groups -OCH3 is 1. The van der Waals surface area contributed by atoms with Gasteiger partial charge in [0.15, 0.2) is 0 Å². The predicted molar refractivity (Wildman–Crippen MR) is 86.7 cm³/mol. The van der Waals surface area contributed by atoms with Gasteiger partial charge in [-0.25, -0.2) is 4.98 Å². The van der Waals surface area contributed by atoms with Crippen molar-refractivity contribution in [2.24, 2.45) is 0 Å². The van der Waals surface area contributed by atoms with Gasteiger partial charge in [0.05, 0.1) is 24.0 Å². The maximum absolute atomic E-state index is 11.8. The minimum absolute atomic E-state index is 0.198. The lowest BCUT2D eigenvalue weighted by Crippen LogP contribution is -2.07. The number of aromatic nitrogens is 1. The molecule has 0 aliphatic heterocycles. The van der Waals surface area contributed by atoms with Crippen LogP contribution in [0.2, 0.25) is 0 Å². The molecule has 1 N–H and O–H groups in total. The maximum Gasteiger partial charge on any atom is 0.248 e. The number of anilines is 1. The third-order valence-electron chi connectivity index (χ3n) is 2.73. The molecule has 0 fully saturated rings. The first kappa shape index (κ1) is 15.1. The van der Waals surface area contributed by atoms with Gasteiger partial charge in [-0.3, -0.25) is 4.79 Å². The first-order chi connectivity index (χ1) is 10.2. The molecule has 0 bridgehead atoms. The van der Waals surface area contributed by atoms with E-state index in [1.165, 1.54) is 6.08 Å². The summed E-state index contributed by atoms with van der Waals surface area (Å²) < 4.78 is 5.13. The smallest absolute Gasteiger partial charge is 0.248 e. The summed E-state index contributed by atoms with van der Waals surface area (Å²) in [5, 5.41) is 3.68. The molecule has 4 nitrogen and oxygen atoms in total. The van der Waals surface area contributed by atoms with Gasteiger partial charge in [-0.15, -0.1) is 11.8 Å². The molecule has 0 aliphatic carbocycles. The molecule has 1 aromatic heterocycles. The van der Waals surface area contributed by atoms with Crippen LogP contribution in [-0.4, -0.2) is 24.3 Å². The average molecular weight is 300 g/mol. The number of amides is 1. The van der Waals surface area contributed by atoms with Crippen molar-refractivity contribution in [3.8, 4) is 5.75 Å². The Balaban J connectivity index is 1.98. The summed E-state index contributed by atoms with van der Waals surface area (Å²) in [6.07, 6.45) is 6.82. The fraction of sp³-hybridized carbons (Fsp3) is 0.125. The standard InChI is InChI=1S/C16H16N2O2S/c1-20-14-5-3-4-12(10-14)6-8-15(19)18-13-7-9-16(21-2)17-11-13/h3-11H,1-2H3,(H,18,19)/b8-6+. The highest BCUT2D eigenvalue weighted by molar-refractivity contribution is 7.98. The lowest BCUT2D eigenvalue weighted by molar-refractivity contribution is -0.111. The Morgan fingerprint density at radius 2 is 2.19 bits per heavy atom. The summed E-state index contributed by atoms with van der Waals surface area (Å²) >= 11 is 1.56. The molecule has 21 heavy (non-hydrogen) atoms. The highest BCUT2D eigenvalue weighted by Gasteiger charge is 1.99. The molecule has 1 aromatic carbocycles. The van der Waals surface area contributed by atoms with Gasteiger partial charge in [0.1, 0.15) is 5.75 Å². The molecule has 5 heteroatoms. The summed E-state index contributed by atoms with van der Waals surface area (Å²) in [7, 11) is 1.61. The van der Waals surface area contributed by atoms with Crippen LogP contribution in [0.5, 0.6) is 5.75 Å². The SMILES string of the molecule is COc1cccc(/C=C/C(=O)Nc2ccc(SC)nc2)c1. The van der Waals surface area contributed by atoms with Crippen LogP contribution in [0.1, 0.15) is 5.56 Å². The van der Waals surface area contributed by atoms with Crippen LogP contribution in [0, 0.1) is 0 Å². The van der Waals surface area contributed by atoms with E-state index in [9.17, 15) is 4.79 Å². The molecular formula is C16H16N2O2S. The number of rotatable bonds is 5. The van der Waals surface area contributed by atoms with Crippen molar-refractivity contribution >= 4 is 29.4 Å². The van der Waals surface area contributed by atoms with Crippen molar-refractivity contribution in [3.05, 3.63) is 54.2 Å². The number of carbonyl (C=O) groups is 1. The zero-order valence-electron chi connectivity index (χ0n) is 11.9. The molecule has 0 spiro atoms. The molecule has 2 aromatic rings. The second-order valence-electron chi connectivity index (χ2n) is 4.19. The molecule has 0 saturated heterocycles. The van der Waals surface area contributed by atoms with Crippen LogP contribution in [-0.2, 0) is 4.79 Å². The Labute approximate surface area is 128 Å². The molecule has 2 rings (SSSR count). The van der Waals surface area contributed by atoms with Crippen LogP contribution in [0.25, 0.3) is 6.08 Å². The monoisotopic (exact) mass is 300 g/mol. The van der Waals surface area contributed by atoms with Crippen molar-refractivity contribution in [1.82, 2.24) is 4.98 Å². The number of carbonyl (C=O) groups excluding carboxylic acids is 1. The lowest BCUT2D eigenvalue weighted by Gasteiger charge is -2.03. The van der Waals surface area contributed by atoms with E-state index in [0.29, 0.717) is 5.69 Å². The number of nitrogens with one attached hydrogen (secondary N) is 1. The van der Waals surface area contributed by atoms with Crippen LogP contribution < -0.4 is 10.1 Å². The van der Waals surface area contributed by atoms with Crippen LogP contribution in [0.4, 0.5) is 5.69 Å². The van der Waals surface area contributed by atoms with E-state index in [1.807, 2.05) is 42.7 Å². The third kappa shape index (κ3) is 4.65. The normalized spacial score (nSPS) is 10.6. The van der Waals surface area contributed by atoms with Crippen molar-refractivity contribution in [2.75, 3.05) is 18.7 Å². The highest BCUT2D eigenvalue weighted by atomic mass is 32.2. The molecule has 0 radical (unpaired) electrons. The van der Waals surface area contributed by atoms with E-state index < -0.39 is 0 Å². The van der Waals surface area contributed by atoms with Gasteiger partial charge in [0, 0.05) is 6.08 Å². The number of ether oxygens (including phenoxy) is 1. The molecular weight excluding hydrogens is 284 g/mol. The van der Waals surface area contributed by atoms with Crippen molar-refractivity contribution < 1.29 is 9.53 Å². The number of pyridine rings is 1. The fourth-order valence-corrected chi connectivity index (χ4v) is 2.04. The van der Waals surface area contributed by atoms with E-state index in [1.54, 1.807) is 31.1 Å². The Morgan fingerprint density at radius 3 is 2.86 bits per heavy atom. The minimum Gasteiger partial charge on any atom is -0.497 e. The number of nitrogens with zero attached hydrogens (tertiary/aromatic N) is 1. The van der Waals surface area contributed by atoms with Gasteiger partial charge in [0.2, 0.25) is 5.91 Å². The lowest BCUT2D eigenvalue weighted by atomic mass is 10.2. The van der Waals surface area contributed by atoms with Crippen molar-refractivity contribution in [3.63, 3.8) is 0 Å². The number of thioether (sulfide) groups is 1. The zero-order chi connectivity index (χ0) is 15.1. The summed E-state index contributed by atoms with van der Waals surface area (Å²) in [5.41, 5.74) is 1.58. The maximum atomic E-state index is 11.8. The molecule has 0 atom stereocenters. The van der Waals surface area contributed by atoms with Crippen LogP contribution in [0.3, 0.4) is 0 Å². The number of hydrogen-bond donors (Lipinski definition) is 1. The summed E-state index contributed by atoms with van der Waals surface area (Å²) in [6.45, 7) is 0. The van der Waals surface area contributed by atoms with Crippen LogP contribution in [0.15, 0.2) is 53.7 Å². The first-order valence-corrected chi connectivity index (χ1v) is 7.57. The minimum atomic E-state index is -0.198. The number of hydrogen-bond acceptors (Lipinski definition) is 4. The Hall–Kier alpha value is -2.27. The highest BCUT2D eigenvalue weighted by Crippen LogP contribution is 2.15. The summed E-state index contributed by atoms with van der Waals surface area (Å²) in [5.74, 6) is 0.561. The average Bonchev–Trinajstić information content (AvgIpc) is 2.54. The van der Waals surface area contributed by atoms with Gasteiger partial charge < -0.3 is 10.1 Å². The first-order valence-electron chi connectivity index (χ1n) is 6.34. The van der Waals surface area contributed by atoms with E-state index in [0.717, 1.165) is 16.3 Å². The predicted octanol–water partition coefficient (Wildman–Crippen LogP) is 3.46. The van der Waals surface area contributed by atoms with Gasteiger partial charge in [-0.05, 0) is 42.2 Å². The molecule has 0 unspecified atom stereocenters. The van der Waals surface area contributed by atoms with E-state index >= 15 is 0 Å². The second kappa shape index (κ2) is 7.50. The van der Waals surface area contributed by atoms with Gasteiger partial charge >= 0.3 is 0 Å². The Bertz CT molecular complexity index is 639. The Morgan fingerprint density at radius 1 is 1.33 bits per heavy atom. The largest absolute Gasteiger partial charge is 0.497 e. The molecule has 0 aliphatic rings. The third-order valence-corrected chi connectivity index (χ3v) is 3.39. The summed E-state index contributed by atoms with van der Waals surface area (Å²) in [6, 6.07) is 11.2. The molecule has 1 amide bonds.